The molecule has 84 valence electrons. The van der Waals surface area contributed by atoms with E-state index in [2.05, 4.69) is 25.3 Å². The van der Waals surface area contributed by atoms with Gasteiger partial charge in [-0.2, -0.15) is 0 Å². The van der Waals surface area contributed by atoms with Gasteiger partial charge in [0, 0.05) is 18.0 Å². The Balaban J connectivity index is 2.12. The lowest BCUT2D eigenvalue weighted by molar-refractivity contribution is 0.961. The van der Waals surface area contributed by atoms with E-state index >= 15 is 0 Å². The van der Waals surface area contributed by atoms with Gasteiger partial charge in [0.25, 0.3) is 0 Å². The zero-order valence-corrected chi connectivity index (χ0v) is 9.62. The molecule has 0 saturated carbocycles. The number of halogens is 1. The van der Waals surface area contributed by atoms with Gasteiger partial charge in [-0.05, 0) is 6.42 Å². The summed E-state index contributed by atoms with van der Waals surface area (Å²) in [5, 5.41) is 3.68. The van der Waals surface area contributed by atoms with Crippen molar-refractivity contribution < 1.29 is 0 Å². The molecule has 0 bridgehead atoms. The minimum atomic E-state index is 0.499. The van der Waals surface area contributed by atoms with Gasteiger partial charge in [0.15, 0.2) is 0 Å². The van der Waals surface area contributed by atoms with Crippen LogP contribution in [0.3, 0.4) is 0 Å². The molecule has 0 aliphatic heterocycles. The first kappa shape index (κ1) is 10.9. The molecule has 6 heteroatoms. The molecule has 0 fully saturated rings. The van der Waals surface area contributed by atoms with Crippen LogP contribution >= 0.6 is 11.6 Å². The molecule has 0 radical (unpaired) electrons. The molecule has 0 atom stereocenters. The first-order valence-electron chi connectivity index (χ1n) is 5.02. The fourth-order valence-corrected chi connectivity index (χ4v) is 1.69. The Bertz CT molecular complexity index is 454. The highest BCUT2D eigenvalue weighted by atomic mass is 35.5. The summed E-state index contributed by atoms with van der Waals surface area (Å²) >= 11 is 5.98. The van der Waals surface area contributed by atoms with E-state index in [9.17, 15) is 0 Å². The molecule has 5 nitrogen and oxygen atoms in total. The molecule has 0 amide bonds. The Morgan fingerprint density at radius 1 is 1.38 bits per heavy atom. The summed E-state index contributed by atoms with van der Waals surface area (Å²) in [5.41, 5.74) is 0.927. The van der Waals surface area contributed by atoms with Crippen molar-refractivity contribution in [3.8, 4) is 0 Å². The summed E-state index contributed by atoms with van der Waals surface area (Å²) in [5.74, 6) is 1.62. The predicted octanol–water partition coefficient (Wildman–Crippen LogP) is 2.03. The van der Waals surface area contributed by atoms with Gasteiger partial charge in [-0.15, -0.1) is 0 Å². The van der Waals surface area contributed by atoms with E-state index in [1.165, 1.54) is 6.33 Å². The summed E-state index contributed by atoms with van der Waals surface area (Å²) < 4.78 is 0. The zero-order chi connectivity index (χ0) is 11.4. The smallest absolute Gasteiger partial charge is 0.137 e. The Morgan fingerprint density at radius 2 is 2.25 bits per heavy atom. The highest BCUT2D eigenvalue weighted by Crippen LogP contribution is 2.20. The van der Waals surface area contributed by atoms with Crippen LogP contribution in [0.25, 0.3) is 0 Å². The van der Waals surface area contributed by atoms with Crippen molar-refractivity contribution in [2.24, 2.45) is 0 Å². The largest absolute Gasteiger partial charge is 0.362 e. The molecule has 2 rings (SSSR count). The third kappa shape index (κ3) is 2.30. The van der Waals surface area contributed by atoms with Gasteiger partial charge in [0.1, 0.15) is 23.1 Å². The van der Waals surface area contributed by atoms with E-state index in [1.807, 2.05) is 6.92 Å². The molecular formula is C10H12ClN5. The number of nitrogens with zero attached hydrogens (tertiary/aromatic N) is 3. The van der Waals surface area contributed by atoms with Crippen molar-refractivity contribution in [2.45, 2.75) is 19.9 Å². The number of rotatable bonds is 4. The van der Waals surface area contributed by atoms with Crippen LogP contribution in [0.2, 0.25) is 5.15 Å². The molecule has 2 aromatic heterocycles. The lowest BCUT2D eigenvalue weighted by atomic mass is 10.2. The zero-order valence-electron chi connectivity index (χ0n) is 8.87. The topological polar surface area (TPSA) is 66.5 Å². The van der Waals surface area contributed by atoms with Crippen molar-refractivity contribution in [2.75, 3.05) is 5.32 Å². The Labute approximate surface area is 98.3 Å². The van der Waals surface area contributed by atoms with E-state index in [-0.39, 0.29) is 0 Å². The van der Waals surface area contributed by atoms with Crippen LogP contribution in [0, 0.1) is 0 Å². The minimum absolute atomic E-state index is 0.499. The van der Waals surface area contributed by atoms with Gasteiger partial charge < -0.3 is 10.3 Å². The second-order valence-electron chi connectivity index (χ2n) is 3.23. The Hall–Kier alpha value is -1.62. The van der Waals surface area contributed by atoms with Gasteiger partial charge in [-0.3, -0.25) is 0 Å². The summed E-state index contributed by atoms with van der Waals surface area (Å²) in [4.78, 5) is 15.2. The molecule has 0 aromatic carbocycles. The molecule has 0 saturated heterocycles. The van der Waals surface area contributed by atoms with Gasteiger partial charge in [-0.25, -0.2) is 15.0 Å². The Morgan fingerprint density at radius 3 is 2.94 bits per heavy atom. The molecule has 0 spiro atoms. The highest BCUT2D eigenvalue weighted by Gasteiger charge is 2.07. The molecule has 0 aliphatic carbocycles. The lowest BCUT2D eigenvalue weighted by Crippen LogP contribution is -2.06. The number of aromatic amines is 1. The quantitative estimate of drug-likeness (QED) is 0.799. The molecule has 0 unspecified atom stereocenters. The third-order valence-electron chi connectivity index (χ3n) is 2.22. The number of aromatic nitrogens is 4. The normalized spacial score (nSPS) is 10.4. The van der Waals surface area contributed by atoms with Crippen LogP contribution in [0.4, 0.5) is 5.82 Å². The van der Waals surface area contributed by atoms with E-state index in [0.29, 0.717) is 11.7 Å². The van der Waals surface area contributed by atoms with Gasteiger partial charge in [-0.1, -0.05) is 18.5 Å². The number of imidazole rings is 1. The summed E-state index contributed by atoms with van der Waals surface area (Å²) in [6.07, 6.45) is 5.74. The maximum atomic E-state index is 5.98. The van der Waals surface area contributed by atoms with Crippen LogP contribution < -0.4 is 5.32 Å². The van der Waals surface area contributed by atoms with E-state index in [0.717, 1.165) is 23.6 Å². The molecular weight excluding hydrogens is 226 g/mol. The lowest BCUT2D eigenvalue weighted by Gasteiger charge is -2.08. The van der Waals surface area contributed by atoms with Crippen LogP contribution in [-0.4, -0.2) is 19.9 Å². The number of H-pyrrole nitrogens is 1. The van der Waals surface area contributed by atoms with E-state index in [4.69, 9.17) is 11.6 Å². The van der Waals surface area contributed by atoms with Crippen molar-refractivity contribution in [3.63, 3.8) is 0 Å². The standard InChI is InChI=1S/C10H12ClN5/c1-2-7-9(11)15-6-16-10(7)14-5-8-12-3-4-13-8/h3-4,6H,2,5H2,1H3,(H,12,13)(H,14,15,16). The molecule has 2 heterocycles. The monoisotopic (exact) mass is 237 g/mol. The van der Waals surface area contributed by atoms with Crippen molar-refractivity contribution in [1.82, 2.24) is 19.9 Å². The predicted molar refractivity (Wildman–Crippen MR) is 62.3 cm³/mol. The van der Waals surface area contributed by atoms with Crippen LogP contribution in [0.15, 0.2) is 18.7 Å². The van der Waals surface area contributed by atoms with Gasteiger partial charge in [0.2, 0.25) is 0 Å². The SMILES string of the molecule is CCc1c(Cl)ncnc1NCc1ncc[nH]1. The average Bonchev–Trinajstić information content (AvgIpc) is 2.79. The van der Waals surface area contributed by atoms with E-state index < -0.39 is 0 Å². The summed E-state index contributed by atoms with van der Waals surface area (Å²) in [7, 11) is 0. The second-order valence-corrected chi connectivity index (χ2v) is 3.59. The van der Waals surface area contributed by atoms with Gasteiger partial charge >= 0.3 is 0 Å². The number of hydrogen-bond acceptors (Lipinski definition) is 4. The molecule has 0 aliphatic rings. The fraction of sp³-hybridized carbons (Fsp3) is 0.300. The van der Waals surface area contributed by atoms with Crippen molar-refractivity contribution in [1.29, 1.82) is 0 Å². The second kappa shape index (κ2) is 4.94. The highest BCUT2D eigenvalue weighted by molar-refractivity contribution is 6.30. The molecule has 2 aromatic rings. The minimum Gasteiger partial charge on any atom is -0.362 e. The number of nitrogens with one attached hydrogen (secondary N) is 2. The van der Waals surface area contributed by atoms with Crippen LogP contribution in [-0.2, 0) is 13.0 Å². The molecule has 2 N–H and O–H groups in total. The maximum absolute atomic E-state index is 5.98. The third-order valence-corrected chi connectivity index (χ3v) is 2.55. The molecule has 16 heavy (non-hydrogen) atoms. The van der Waals surface area contributed by atoms with Gasteiger partial charge in [0.05, 0.1) is 6.54 Å². The average molecular weight is 238 g/mol. The van der Waals surface area contributed by atoms with Crippen molar-refractivity contribution >= 4 is 17.4 Å². The Kier molecular flexibility index (Phi) is 3.36. The van der Waals surface area contributed by atoms with Crippen LogP contribution in [0.1, 0.15) is 18.3 Å². The summed E-state index contributed by atoms with van der Waals surface area (Å²) in [6, 6.07) is 0. The summed E-state index contributed by atoms with van der Waals surface area (Å²) in [6.45, 7) is 2.61. The first-order valence-corrected chi connectivity index (χ1v) is 5.40. The maximum Gasteiger partial charge on any atom is 0.137 e. The van der Waals surface area contributed by atoms with E-state index in [1.54, 1.807) is 12.4 Å². The number of anilines is 1. The van der Waals surface area contributed by atoms with Crippen molar-refractivity contribution in [3.05, 3.63) is 35.3 Å². The first-order chi connectivity index (χ1) is 7.81. The number of hydrogen-bond donors (Lipinski definition) is 2. The van der Waals surface area contributed by atoms with Crippen LogP contribution in [0.5, 0.6) is 0 Å². The fourth-order valence-electron chi connectivity index (χ4n) is 1.42.